The SMILES string of the molecule is CCN(Cc1ccc(C(F)(F)C(F)(F)F)cc1C)C(=O)C(=O)OCC(F)(F)F. The molecule has 158 valence electrons. The van der Waals surface area contributed by atoms with E-state index in [9.17, 15) is 44.7 Å². The molecular formula is C16H15F8NO3. The quantitative estimate of drug-likeness (QED) is 0.409. The number of benzene rings is 1. The Morgan fingerprint density at radius 2 is 1.61 bits per heavy atom. The fourth-order valence-corrected chi connectivity index (χ4v) is 2.10. The summed E-state index contributed by atoms with van der Waals surface area (Å²) in [5.41, 5.74) is -1.21. The zero-order valence-electron chi connectivity index (χ0n) is 14.5. The van der Waals surface area contributed by atoms with Crippen molar-refractivity contribution in [2.24, 2.45) is 0 Å². The molecule has 0 bridgehead atoms. The van der Waals surface area contributed by atoms with E-state index in [1.807, 2.05) is 0 Å². The van der Waals surface area contributed by atoms with Gasteiger partial charge < -0.3 is 9.64 Å². The average molecular weight is 421 g/mol. The number of hydrogen-bond donors (Lipinski definition) is 0. The topological polar surface area (TPSA) is 46.6 Å². The molecule has 0 fully saturated rings. The second-order valence-corrected chi connectivity index (χ2v) is 5.72. The van der Waals surface area contributed by atoms with Gasteiger partial charge in [0.1, 0.15) is 0 Å². The third-order valence-electron chi connectivity index (χ3n) is 3.63. The summed E-state index contributed by atoms with van der Waals surface area (Å²) in [7, 11) is 0. The summed E-state index contributed by atoms with van der Waals surface area (Å²) in [5.74, 6) is -8.26. The Hall–Kier alpha value is -2.40. The summed E-state index contributed by atoms with van der Waals surface area (Å²) >= 11 is 0. The van der Waals surface area contributed by atoms with Crippen LogP contribution in [0, 0.1) is 6.92 Å². The van der Waals surface area contributed by atoms with Crippen molar-refractivity contribution in [3.05, 3.63) is 34.9 Å². The van der Waals surface area contributed by atoms with Gasteiger partial charge in [0.15, 0.2) is 6.61 Å². The van der Waals surface area contributed by atoms with Gasteiger partial charge in [-0.1, -0.05) is 12.1 Å². The summed E-state index contributed by atoms with van der Waals surface area (Å²) in [6, 6.07) is 2.03. The molecule has 1 amide bonds. The van der Waals surface area contributed by atoms with Gasteiger partial charge in [0.25, 0.3) is 0 Å². The number of aryl methyl sites for hydroxylation is 1. The maximum absolute atomic E-state index is 13.4. The van der Waals surface area contributed by atoms with Crippen molar-refractivity contribution >= 4 is 11.9 Å². The highest BCUT2D eigenvalue weighted by molar-refractivity contribution is 6.32. The van der Waals surface area contributed by atoms with E-state index >= 15 is 0 Å². The number of hydrogen-bond acceptors (Lipinski definition) is 3. The van der Waals surface area contributed by atoms with Gasteiger partial charge in [-0.05, 0) is 31.0 Å². The minimum absolute atomic E-state index is 0.0312. The molecule has 0 aliphatic rings. The summed E-state index contributed by atoms with van der Waals surface area (Å²) in [6.07, 6.45) is -10.6. The molecular weight excluding hydrogens is 406 g/mol. The van der Waals surface area contributed by atoms with Crippen LogP contribution < -0.4 is 0 Å². The Morgan fingerprint density at radius 1 is 1.04 bits per heavy atom. The molecule has 0 saturated carbocycles. The molecule has 0 heterocycles. The Balaban J connectivity index is 2.96. The van der Waals surface area contributed by atoms with Crippen LogP contribution in [0.4, 0.5) is 35.1 Å². The largest absolute Gasteiger partial charge is 0.458 e. The van der Waals surface area contributed by atoms with Gasteiger partial charge in [0.2, 0.25) is 0 Å². The Kier molecular flexibility index (Phi) is 7.02. The third kappa shape index (κ3) is 5.80. The third-order valence-corrected chi connectivity index (χ3v) is 3.63. The number of carbonyl (C=O) groups is 2. The van der Waals surface area contributed by atoms with Crippen LogP contribution in [0.2, 0.25) is 0 Å². The standard InChI is InChI=1S/C16H15F8NO3/c1-3-25(12(26)13(27)28-8-14(17,18)19)7-10-4-5-11(6-9(10)2)15(20,21)16(22,23)24/h4-6H,3,7-8H2,1-2H3. The van der Waals surface area contributed by atoms with E-state index in [4.69, 9.17) is 0 Å². The van der Waals surface area contributed by atoms with Gasteiger partial charge >= 0.3 is 30.2 Å². The lowest BCUT2D eigenvalue weighted by Gasteiger charge is -2.23. The molecule has 1 aromatic carbocycles. The Labute approximate surface area is 154 Å². The molecule has 1 aromatic rings. The lowest BCUT2D eigenvalue weighted by Crippen LogP contribution is -2.38. The van der Waals surface area contributed by atoms with Gasteiger partial charge in [0.05, 0.1) is 0 Å². The number of rotatable bonds is 5. The van der Waals surface area contributed by atoms with E-state index in [0.717, 1.165) is 11.0 Å². The number of likely N-dealkylation sites (N-methyl/N-ethyl adjacent to an activating group) is 1. The zero-order chi connectivity index (χ0) is 21.9. The van der Waals surface area contributed by atoms with Crippen molar-refractivity contribution in [2.75, 3.05) is 13.2 Å². The van der Waals surface area contributed by atoms with Crippen LogP contribution in [-0.2, 0) is 26.8 Å². The number of esters is 1. The molecule has 1 rings (SSSR count). The predicted molar refractivity (Wildman–Crippen MR) is 79.2 cm³/mol. The Bertz CT molecular complexity index is 728. The van der Waals surface area contributed by atoms with Crippen LogP contribution >= 0.6 is 0 Å². The highest BCUT2D eigenvalue weighted by atomic mass is 19.4. The Morgan fingerprint density at radius 3 is 2.04 bits per heavy atom. The molecule has 28 heavy (non-hydrogen) atoms. The molecule has 0 aliphatic heterocycles. The molecule has 0 unspecified atom stereocenters. The lowest BCUT2D eigenvalue weighted by molar-refractivity contribution is -0.289. The minimum atomic E-state index is -5.80. The van der Waals surface area contributed by atoms with E-state index in [-0.39, 0.29) is 17.7 Å². The van der Waals surface area contributed by atoms with Gasteiger partial charge in [-0.25, -0.2) is 4.79 Å². The summed E-state index contributed by atoms with van der Waals surface area (Å²) < 4.78 is 104. The lowest BCUT2D eigenvalue weighted by atomic mass is 10.0. The number of alkyl halides is 8. The van der Waals surface area contributed by atoms with E-state index in [1.165, 1.54) is 13.8 Å². The molecule has 0 N–H and O–H groups in total. The van der Waals surface area contributed by atoms with Crippen molar-refractivity contribution < 1.29 is 49.4 Å². The molecule has 0 radical (unpaired) electrons. The summed E-state index contributed by atoms with van der Waals surface area (Å²) in [6.45, 7) is 0.0808. The molecule has 0 aromatic heterocycles. The van der Waals surface area contributed by atoms with Crippen molar-refractivity contribution in [3.8, 4) is 0 Å². The fourth-order valence-electron chi connectivity index (χ4n) is 2.10. The predicted octanol–water partition coefficient (Wildman–Crippen LogP) is 4.10. The second kappa shape index (κ2) is 8.31. The summed E-state index contributed by atoms with van der Waals surface area (Å²) in [5, 5.41) is 0. The van der Waals surface area contributed by atoms with Crippen LogP contribution in [-0.4, -0.2) is 42.3 Å². The van der Waals surface area contributed by atoms with Gasteiger partial charge in [-0.3, -0.25) is 4.79 Å². The minimum Gasteiger partial charge on any atom is -0.449 e. The number of halogens is 8. The van der Waals surface area contributed by atoms with E-state index < -0.39 is 48.9 Å². The number of carbonyl (C=O) groups excluding carboxylic acids is 2. The molecule has 4 nitrogen and oxygen atoms in total. The van der Waals surface area contributed by atoms with Gasteiger partial charge in [0, 0.05) is 18.7 Å². The first kappa shape index (κ1) is 23.6. The summed E-state index contributed by atoms with van der Waals surface area (Å²) in [4.78, 5) is 24.1. The maximum atomic E-state index is 13.4. The highest BCUT2D eigenvalue weighted by Crippen LogP contribution is 2.44. The zero-order valence-corrected chi connectivity index (χ0v) is 14.5. The van der Waals surface area contributed by atoms with Crippen LogP contribution in [0.3, 0.4) is 0 Å². The molecule has 0 atom stereocenters. The first-order valence-electron chi connectivity index (χ1n) is 7.67. The molecule has 12 heteroatoms. The second-order valence-electron chi connectivity index (χ2n) is 5.72. The van der Waals surface area contributed by atoms with Crippen molar-refractivity contribution in [3.63, 3.8) is 0 Å². The smallest absolute Gasteiger partial charge is 0.449 e. The van der Waals surface area contributed by atoms with Crippen molar-refractivity contribution in [2.45, 2.75) is 38.7 Å². The van der Waals surface area contributed by atoms with Crippen LogP contribution in [0.5, 0.6) is 0 Å². The van der Waals surface area contributed by atoms with Crippen LogP contribution in [0.15, 0.2) is 18.2 Å². The highest BCUT2D eigenvalue weighted by Gasteiger charge is 2.58. The van der Waals surface area contributed by atoms with Crippen LogP contribution in [0.1, 0.15) is 23.6 Å². The first-order chi connectivity index (χ1) is 12.6. The van der Waals surface area contributed by atoms with Crippen molar-refractivity contribution in [1.82, 2.24) is 4.90 Å². The normalized spacial score (nSPS) is 12.6. The fraction of sp³-hybridized carbons (Fsp3) is 0.500. The van der Waals surface area contributed by atoms with E-state index in [0.29, 0.717) is 12.1 Å². The van der Waals surface area contributed by atoms with E-state index in [1.54, 1.807) is 0 Å². The number of nitrogens with zero attached hydrogens (tertiary/aromatic N) is 1. The number of ether oxygens (including phenoxy) is 1. The van der Waals surface area contributed by atoms with Crippen molar-refractivity contribution in [1.29, 1.82) is 0 Å². The first-order valence-corrected chi connectivity index (χ1v) is 7.67. The van der Waals surface area contributed by atoms with Gasteiger partial charge in [-0.2, -0.15) is 35.1 Å². The molecule has 0 saturated heterocycles. The van der Waals surface area contributed by atoms with E-state index in [2.05, 4.69) is 4.74 Å². The van der Waals surface area contributed by atoms with Crippen LogP contribution in [0.25, 0.3) is 0 Å². The molecule has 0 aliphatic carbocycles. The van der Waals surface area contributed by atoms with Gasteiger partial charge in [-0.15, -0.1) is 0 Å². The average Bonchev–Trinajstić information content (AvgIpc) is 2.56. The molecule has 0 spiro atoms. The maximum Gasteiger partial charge on any atom is 0.458 e. The number of amides is 1. The monoisotopic (exact) mass is 421 g/mol.